The summed E-state index contributed by atoms with van der Waals surface area (Å²) in [6.45, 7) is 0.396. The van der Waals surface area contributed by atoms with Gasteiger partial charge in [-0.2, -0.15) is 0 Å². The Balaban J connectivity index is 1.81. The van der Waals surface area contributed by atoms with Gasteiger partial charge in [0.15, 0.2) is 0 Å². The van der Waals surface area contributed by atoms with Crippen molar-refractivity contribution in [1.82, 2.24) is 9.97 Å². The molecule has 2 heterocycles. The SMILES string of the molecule is NCC(O)COc1ccc(-c2c[nH]c3ncccc23)cc1. The van der Waals surface area contributed by atoms with Crippen molar-refractivity contribution in [2.24, 2.45) is 5.73 Å². The van der Waals surface area contributed by atoms with Crippen LogP contribution in [-0.4, -0.2) is 34.3 Å². The van der Waals surface area contributed by atoms with Crippen LogP contribution in [-0.2, 0) is 0 Å². The number of ether oxygens (including phenoxy) is 1. The summed E-state index contributed by atoms with van der Waals surface area (Å²) in [5, 5.41) is 10.5. The summed E-state index contributed by atoms with van der Waals surface area (Å²) in [5.41, 5.74) is 8.40. The molecule has 0 bridgehead atoms. The zero-order valence-electron chi connectivity index (χ0n) is 11.5. The van der Waals surface area contributed by atoms with Crippen molar-refractivity contribution in [1.29, 1.82) is 0 Å². The van der Waals surface area contributed by atoms with Gasteiger partial charge in [0, 0.05) is 29.9 Å². The first-order valence-electron chi connectivity index (χ1n) is 6.81. The maximum atomic E-state index is 9.38. The molecule has 0 spiro atoms. The number of fused-ring (bicyclic) bond motifs is 1. The predicted molar refractivity (Wildman–Crippen MR) is 82.1 cm³/mol. The van der Waals surface area contributed by atoms with Gasteiger partial charge in [-0.3, -0.25) is 0 Å². The Morgan fingerprint density at radius 2 is 2.05 bits per heavy atom. The molecule has 3 rings (SSSR count). The van der Waals surface area contributed by atoms with Gasteiger partial charge in [0.05, 0.1) is 0 Å². The van der Waals surface area contributed by atoms with Gasteiger partial charge < -0.3 is 20.6 Å². The van der Waals surface area contributed by atoms with Gasteiger partial charge in [0.1, 0.15) is 24.1 Å². The molecule has 3 aromatic rings. The van der Waals surface area contributed by atoms with E-state index in [0.717, 1.165) is 22.2 Å². The molecule has 1 atom stereocenters. The van der Waals surface area contributed by atoms with E-state index in [9.17, 15) is 5.11 Å². The minimum atomic E-state index is -0.635. The molecule has 0 saturated carbocycles. The average molecular weight is 283 g/mol. The third kappa shape index (κ3) is 2.89. The highest BCUT2D eigenvalue weighted by Crippen LogP contribution is 2.28. The molecule has 0 aliphatic heterocycles. The Morgan fingerprint density at radius 1 is 1.24 bits per heavy atom. The minimum absolute atomic E-state index is 0.195. The number of rotatable bonds is 5. The fourth-order valence-corrected chi connectivity index (χ4v) is 2.19. The number of aromatic nitrogens is 2. The summed E-state index contributed by atoms with van der Waals surface area (Å²) >= 11 is 0. The van der Waals surface area contributed by atoms with E-state index in [1.807, 2.05) is 42.6 Å². The molecule has 108 valence electrons. The number of nitrogens with two attached hydrogens (primary N) is 1. The Kier molecular flexibility index (Phi) is 3.85. The van der Waals surface area contributed by atoms with E-state index >= 15 is 0 Å². The number of H-pyrrole nitrogens is 1. The van der Waals surface area contributed by atoms with E-state index < -0.39 is 6.10 Å². The van der Waals surface area contributed by atoms with Crippen LogP contribution in [0.25, 0.3) is 22.2 Å². The summed E-state index contributed by atoms with van der Waals surface area (Å²) in [6, 6.07) is 11.7. The molecule has 5 nitrogen and oxygen atoms in total. The van der Waals surface area contributed by atoms with Crippen molar-refractivity contribution in [3.8, 4) is 16.9 Å². The van der Waals surface area contributed by atoms with Gasteiger partial charge in [-0.05, 0) is 29.8 Å². The molecule has 4 N–H and O–H groups in total. The molecule has 0 fully saturated rings. The smallest absolute Gasteiger partial charge is 0.137 e. The molecule has 0 aliphatic rings. The first-order valence-corrected chi connectivity index (χ1v) is 6.81. The molecule has 0 aliphatic carbocycles. The Hall–Kier alpha value is -2.37. The predicted octanol–water partition coefficient (Wildman–Crippen LogP) is 1.93. The minimum Gasteiger partial charge on any atom is -0.491 e. The summed E-state index contributed by atoms with van der Waals surface area (Å²) in [6.07, 6.45) is 3.08. The van der Waals surface area contributed by atoms with Gasteiger partial charge >= 0.3 is 0 Å². The summed E-state index contributed by atoms with van der Waals surface area (Å²) < 4.78 is 5.47. The number of aliphatic hydroxyl groups excluding tert-OH is 1. The molecular formula is C16H17N3O2. The number of nitrogens with one attached hydrogen (secondary N) is 1. The molecule has 0 radical (unpaired) electrons. The molecule has 1 aromatic carbocycles. The fraction of sp³-hybridized carbons (Fsp3) is 0.188. The maximum absolute atomic E-state index is 9.38. The summed E-state index contributed by atoms with van der Waals surface area (Å²) in [5.74, 6) is 0.712. The first kappa shape index (κ1) is 13.6. The quantitative estimate of drug-likeness (QED) is 0.668. The number of aromatic amines is 1. The monoisotopic (exact) mass is 283 g/mol. The summed E-state index contributed by atoms with van der Waals surface area (Å²) in [4.78, 5) is 7.44. The Labute approximate surface area is 122 Å². The Bertz CT molecular complexity index is 722. The van der Waals surface area contributed by atoms with Gasteiger partial charge in [0.25, 0.3) is 0 Å². The summed E-state index contributed by atoms with van der Waals surface area (Å²) in [7, 11) is 0. The van der Waals surface area contributed by atoms with E-state index in [4.69, 9.17) is 10.5 Å². The van der Waals surface area contributed by atoms with Crippen LogP contribution in [0, 0.1) is 0 Å². The standard InChI is InChI=1S/C16H17N3O2/c17-8-12(20)10-21-13-5-3-11(4-6-13)15-9-19-16-14(15)2-1-7-18-16/h1-7,9,12,20H,8,10,17H2,(H,18,19). The van der Waals surface area contributed by atoms with Crippen LogP contribution in [0.15, 0.2) is 48.8 Å². The van der Waals surface area contributed by atoms with Crippen LogP contribution in [0.4, 0.5) is 0 Å². The van der Waals surface area contributed by atoms with Crippen molar-refractivity contribution in [2.75, 3.05) is 13.2 Å². The maximum Gasteiger partial charge on any atom is 0.137 e. The third-order valence-electron chi connectivity index (χ3n) is 3.33. The van der Waals surface area contributed by atoms with Crippen molar-refractivity contribution in [2.45, 2.75) is 6.10 Å². The highest BCUT2D eigenvalue weighted by atomic mass is 16.5. The van der Waals surface area contributed by atoms with Crippen LogP contribution < -0.4 is 10.5 Å². The van der Waals surface area contributed by atoms with Crippen LogP contribution in [0.5, 0.6) is 5.75 Å². The largest absolute Gasteiger partial charge is 0.491 e. The van der Waals surface area contributed by atoms with Crippen molar-refractivity contribution >= 4 is 11.0 Å². The van der Waals surface area contributed by atoms with Gasteiger partial charge in [-0.1, -0.05) is 12.1 Å². The average Bonchev–Trinajstić information content (AvgIpc) is 2.97. The van der Waals surface area contributed by atoms with Crippen molar-refractivity contribution in [3.63, 3.8) is 0 Å². The zero-order chi connectivity index (χ0) is 14.7. The zero-order valence-corrected chi connectivity index (χ0v) is 11.5. The number of nitrogens with zero attached hydrogens (tertiary/aromatic N) is 1. The lowest BCUT2D eigenvalue weighted by Gasteiger charge is -2.10. The molecular weight excluding hydrogens is 266 g/mol. The second-order valence-electron chi connectivity index (χ2n) is 4.83. The second-order valence-corrected chi connectivity index (χ2v) is 4.83. The van der Waals surface area contributed by atoms with Gasteiger partial charge in [-0.25, -0.2) is 4.98 Å². The highest BCUT2D eigenvalue weighted by molar-refractivity contribution is 5.93. The fourth-order valence-electron chi connectivity index (χ4n) is 2.19. The van der Waals surface area contributed by atoms with Crippen molar-refractivity contribution in [3.05, 3.63) is 48.8 Å². The highest BCUT2D eigenvalue weighted by Gasteiger charge is 2.07. The number of aliphatic hydroxyl groups is 1. The lowest BCUT2D eigenvalue weighted by molar-refractivity contribution is 0.114. The van der Waals surface area contributed by atoms with Crippen LogP contribution in [0.1, 0.15) is 0 Å². The molecule has 5 heteroatoms. The van der Waals surface area contributed by atoms with Gasteiger partial charge in [-0.15, -0.1) is 0 Å². The first-order chi connectivity index (χ1) is 10.3. The normalized spacial score (nSPS) is 12.5. The topological polar surface area (TPSA) is 84.2 Å². The molecule has 0 amide bonds. The third-order valence-corrected chi connectivity index (χ3v) is 3.33. The number of pyridine rings is 1. The Morgan fingerprint density at radius 3 is 2.81 bits per heavy atom. The number of benzene rings is 1. The van der Waals surface area contributed by atoms with Crippen molar-refractivity contribution < 1.29 is 9.84 Å². The van der Waals surface area contributed by atoms with E-state index in [1.165, 1.54) is 0 Å². The van der Waals surface area contributed by atoms with E-state index in [1.54, 1.807) is 6.20 Å². The number of hydrogen-bond donors (Lipinski definition) is 3. The van der Waals surface area contributed by atoms with Gasteiger partial charge in [0.2, 0.25) is 0 Å². The molecule has 1 unspecified atom stereocenters. The molecule has 0 saturated heterocycles. The van der Waals surface area contributed by atoms with Crippen LogP contribution in [0.3, 0.4) is 0 Å². The van der Waals surface area contributed by atoms with E-state index in [-0.39, 0.29) is 13.2 Å². The lowest BCUT2D eigenvalue weighted by atomic mass is 10.1. The van der Waals surface area contributed by atoms with E-state index in [0.29, 0.717) is 5.75 Å². The van der Waals surface area contributed by atoms with Crippen LogP contribution >= 0.6 is 0 Å². The number of hydrogen-bond acceptors (Lipinski definition) is 4. The van der Waals surface area contributed by atoms with Crippen LogP contribution in [0.2, 0.25) is 0 Å². The van der Waals surface area contributed by atoms with E-state index in [2.05, 4.69) is 9.97 Å². The lowest BCUT2D eigenvalue weighted by Crippen LogP contribution is -2.26. The molecule has 2 aromatic heterocycles. The second kappa shape index (κ2) is 5.95. The molecule has 21 heavy (non-hydrogen) atoms.